The van der Waals surface area contributed by atoms with Gasteiger partial charge in [-0.05, 0) is 66.5 Å². The first-order valence-electron chi connectivity index (χ1n) is 11.6. The number of hydrogen-bond acceptors (Lipinski definition) is 5. The first kappa shape index (κ1) is 25.3. The third-order valence-electron chi connectivity index (χ3n) is 7.05. The van der Waals surface area contributed by atoms with E-state index in [1.807, 2.05) is 0 Å². The Bertz CT molecular complexity index is 1390. The van der Waals surface area contributed by atoms with E-state index in [9.17, 15) is 40.7 Å². The number of nitrogens with one attached hydrogen (secondary N) is 1. The van der Waals surface area contributed by atoms with Gasteiger partial charge >= 0.3 is 18.1 Å². The van der Waals surface area contributed by atoms with Crippen LogP contribution in [0, 0.1) is 17.7 Å². The number of carbonyl (C=O) groups excluding carboxylic acids is 1. The summed E-state index contributed by atoms with van der Waals surface area (Å²) in [4.78, 5) is 23.9. The number of amides is 1. The van der Waals surface area contributed by atoms with E-state index in [0.717, 1.165) is 24.6 Å². The fourth-order valence-electron chi connectivity index (χ4n) is 5.19. The molecule has 1 amide bonds. The highest BCUT2D eigenvalue weighted by Crippen LogP contribution is 2.55. The lowest BCUT2D eigenvalue weighted by Gasteiger charge is -2.22. The molecule has 2 aromatic carbocycles. The summed E-state index contributed by atoms with van der Waals surface area (Å²) < 4.78 is 87.0. The van der Waals surface area contributed by atoms with Gasteiger partial charge in [-0.2, -0.15) is 13.2 Å². The molecule has 37 heavy (non-hydrogen) atoms. The highest BCUT2D eigenvalue weighted by atomic mass is 32.2. The lowest BCUT2D eigenvalue weighted by Crippen LogP contribution is -2.39. The number of carbonyl (C=O) groups is 2. The van der Waals surface area contributed by atoms with Crippen molar-refractivity contribution >= 4 is 27.6 Å². The summed E-state index contributed by atoms with van der Waals surface area (Å²) in [5.74, 6) is -4.03. The fraction of sp³-hybridized carbons (Fsp3) is 0.417. The van der Waals surface area contributed by atoms with Crippen molar-refractivity contribution in [1.82, 2.24) is 4.90 Å². The molecule has 2 aromatic rings. The van der Waals surface area contributed by atoms with Gasteiger partial charge in [0.25, 0.3) is 10.0 Å². The Morgan fingerprint density at radius 2 is 1.95 bits per heavy atom. The van der Waals surface area contributed by atoms with Gasteiger partial charge in [-0.25, -0.2) is 17.6 Å². The van der Waals surface area contributed by atoms with E-state index in [1.165, 1.54) is 6.07 Å². The fourth-order valence-corrected chi connectivity index (χ4v) is 6.49. The van der Waals surface area contributed by atoms with E-state index in [0.29, 0.717) is 23.0 Å². The molecule has 5 rings (SSSR count). The van der Waals surface area contributed by atoms with Crippen molar-refractivity contribution in [2.75, 3.05) is 24.4 Å². The minimum atomic E-state index is -5.02. The van der Waals surface area contributed by atoms with Gasteiger partial charge < -0.3 is 14.7 Å². The number of rotatable bonds is 6. The van der Waals surface area contributed by atoms with Crippen LogP contribution >= 0.6 is 0 Å². The number of carboxylic acid groups (broad SMARTS) is 1. The van der Waals surface area contributed by atoms with Gasteiger partial charge in [0.05, 0.1) is 17.2 Å². The molecule has 1 saturated carbocycles. The van der Waals surface area contributed by atoms with Gasteiger partial charge in [-0.3, -0.25) is 9.52 Å². The smallest absolute Gasteiger partial charge is 0.471 e. The number of carboxylic acids is 1. The first-order valence-corrected chi connectivity index (χ1v) is 13.0. The second-order valence-corrected chi connectivity index (χ2v) is 11.2. The zero-order chi connectivity index (χ0) is 26.7. The number of sulfonamides is 1. The van der Waals surface area contributed by atoms with Crippen LogP contribution in [0.4, 0.5) is 23.2 Å². The number of halogens is 4. The molecule has 2 aliphatic heterocycles. The quantitative estimate of drug-likeness (QED) is 0.538. The van der Waals surface area contributed by atoms with Crippen molar-refractivity contribution in [3.63, 3.8) is 0 Å². The number of fused-ring (bicyclic) bond motifs is 3. The molecule has 0 radical (unpaired) electrons. The molecular formula is C24H22F4N2O6S. The molecule has 1 saturated heterocycles. The van der Waals surface area contributed by atoms with Crippen molar-refractivity contribution < 1.29 is 45.4 Å². The lowest BCUT2D eigenvalue weighted by molar-refractivity contribution is -0.184. The zero-order valence-corrected chi connectivity index (χ0v) is 20.0. The Morgan fingerprint density at radius 3 is 2.65 bits per heavy atom. The minimum Gasteiger partial charge on any atom is -0.492 e. The molecule has 13 heteroatoms. The van der Waals surface area contributed by atoms with Crippen molar-refractivity contribution in [3.05, 3.63) is 52.8 Å². The highest BCUT2D eigenvalue weighted by molar-refractivity contribution is 7.92. The second kappa shape index (κ2) is 8.89. The van der Waals surface area contributed by atoms with E-state index < -0.39 is 39.8 Å². The normalized spacial score (nSPS) is 22.6. The maximum absolute atomic E-state index is 14.1. The maximum Gasteiger partial charge on any atom is 0.471 e. The topological polar surface area (TPSA) is 113 Å². The summed E-state index contributed by atoms with van der Waals surface area (Å²) in [5.41, 5.74) is 0.166. The molecule has 0 aromatic heterocycles. The Labute approximate surface area is 209 Å². The first-order chi connectivity index (χ1) is 17.3. The van der Waals surface area contributed by atoms with Crippen LogP contribution in [0.5, 0.6) is 5.75 Å². The number of aromatic carboxylic acids is 1. The Balaban J connectivity index is 1.42. The highest BCUT2D eigenvalue weighted by Gasteiger charge is 2.46. The van der Waals surface area contributed by atoms with Crippen LogP contribution in [-0.2, 0) is 21.2 Å². The van der Waals surface area contributed by atoms with Gasteiger partial charge in [-0.1, -0.05) is 6.07 Å². The molecular weight excluding hydrogens is 520 g/mol. The van der Waals surface area contributed by atoms with Crippen LogP contribution in [0.3, 0.4) is 0 Å². The van der Waals surface area contributed by atoms with Crippen LogP contribution in [0.15, 0.2) is 35.2 Å². The standard InChI is InChI=1S/C24H22F4N2O6S/c25-15-1-4-19(13(8-15)7-12-5-6-30(10-12)23(33)24(26,27)28)37(34,35)29-18-3-2-16-17-9-14(17)11-36-21(16)20(18)22(31)32/h1-4,8,12,14,17,29H,5-7,9-11H2,(H,31,32)/t12?,14-,17-/m0/s1. The van der Waals surface area contributed by atoms with Crippen LogP contribution in [-0.4, -0.2) is 56.2 Å². The molecule has 2 heterocycles. The van der Waals surface area contributed by atoms with Gasteiger partial charge in [-0.15, -0.1) is 0 Å². The van der Waals surface area contributed by atoms with Gasteiger partial charge in [0.1, 0.15) is 17.1 Å². The zero-order valence-electron chi connectivity index (χ0n) is 19.2. The minimum absolute atomic E-state index is 0.00529. The Hall–Kier alpha value is -3.35. The molecule has 3 aliphatic rings. The maximum atomic E-state index is 14.1. The molecule has 2 N–H and O–H groups in total. The largest absolute Gasteiger partial charge is 0.492 e. The van der Waals surface area contributed by atoms with E-state index in [1.54, 1.807) is 6.07 Å². The van der Waals surface area contributed by atoms with Gasteiger partial charge in [0.2, 0.25) is 0 Å². The Morgan fingerprint density at radius 1 is 1.19 bits per heavy atom. The monoisotopic (exact) mass is 542 g/mol. The molecule has 2 fully saturated rings. The SMILES string of the molecule is O=C(O)c1c(NS(=O)(=O)c2ccc(F)cc2CC2CCN(C(=O)C(F)(F)F)C2)ccc2c1OC[C@@H]1C[C@H]21. The van der Waals surface area contributed by atoms with Gasteiger partial charge in [0.15, 0.2) is 0 Å². The number of nitrogens with zero attached hydrogens (tertiary/aromatic N) is 1. The predicted molar refractivity (Wildman–Crippen MR) is 121 cm³/mol. The molecule has 1 aliphatic carbocycles. The average molecular weight is 543 g/mol. The number of alkyl halides is 3. The van der Waals surface area contributed by atoms with Crippen LogP contribution in [0.1, 0.15) is 40.2 Å². The predicted octanol–water partition coefficient (Wildman–Crippen LogP) is 3.77. The van der Waals surface area contributed by atoms with E-state index in [4.69, 9.17) is 4.74 Å². The summed E-state index contributed by atoms with van der Waals surface area (Å²) in [6.07, 6.45) is -4.08. The summed E-state index contributed by atoms with van der Waals surface area (Å²) in [6, 6.07) is 5.90. The third-order valence-corrected chi connectivity index (χ3v) is 8.51. The number of benzene rings is 2. The molecule has 3 atom stereocenters. The molecule has 198 valence electrons. The lowest BCUT2D eigenvalue weighted by atomic mass is 9.98. The second-order valence-electron chi connectivity index (χ2n) is 9.59. The number of likely N-dealkylation sites (tertiary alicyclic amines) is 1. The summed E-state index contributed by atoms with van der Waals surface area (Å²) in [5, 5.41) is 9.82. The molecule has 1 unspecified atom stereocenters. The molecule has 0 spiro atoms. The molecule has 8 nitrogen and oxygen atoms in total. The third kappa shape index (κ3) is 4.83. The van der Waals surface area contributed by atoms with Crippen LogP contribution < -0.4 is 9.46 Å². The van der Waals surface area contributed by atoms with Crippen molar-refractivity contribution in [1.29, 1.82) is 0 Å². The summed E-state index contributed by atoms with van der Waals surface area (Å²) >= 11 is 0. The van der Waals surface area contributed by atoms with Crippen molar-refractivity contribution in [2.24, 2.45) is 11.8 Å². The number of anilines is 1. The number of hydrogen-bond donors (Lipinski definition) is 2. The molecule has 0 bridgehead atoms. The van der Waals surface area contributed by atoms with Crippen molar-refractivity contribution in [2.45, 2.75) is 36.3 Å². The number of ether oxygens (including phenoxy) is 1. The van der Waals surface area contributed by atoms with Crippen LogP contribution in [0.25, 0.3) is 0 Å². The Kier molecular flexibility index (Phi) is 6.08. The van der Waals surface area contributed by atoms with E-state index >= 15 is 0 Å². The van der Waals surface area contributed by atoms with E-state index in [2.05, 4.69) is 4.72 Å². The summed E-state index contributed by atoms with van der Waals surface area (Å²) in [6.45, 7) is -0.0711. The average Bonchev–Trinajstić information content (AvgIpc) is 3.47. The van der Waals surface area contributed by atoms with Crippen molar-refractivity contribution in [3.8, 4) is 5.75 Å². The van der Waals surface area contributed by atoms with Crippen LogP contribution in [0.2, 0.25) is 0 Å². The van der Waals surface area contributed by atoms with E-state index in [-0.39, 0.29) is 59.3 Å². The van der Waals surface area contributed by atoms with Gasteiger partial charge in [0, 0.05) is 19.0 Å². The summed E-state index contributed by atoms with van der Waals surface area (Å²) in [7, 11) is -4.44.